The summed E-state index contributed by atoms with van der Waals surface area (Å²) in [6.07, 6.45) is 8.43. The molecule has 0 aliphatic rings. The van der Waals surface area contributed by atoms with Crippen molar-refractivity contribution in [3.05, 3.63) is 12.4 Å². The van der Waals surface area contributed by atoms with Gasteiger partial charge < -0.3 is 9.88 Å². The molecular weight excluding hydrogens is 218 g/mol. The molecule has 0 aliphatic heterocycles. The molecule has 1 rings (SSSR count). The Morgan fingerprint density at radius 3 is 2.56 bits per heavy atom. The van der Waals surface area contributed by atoms with Crippen molar-refractivity contribution in [3.63, 3.8) is 0 Å². The highest BCUT2D eigenvalue weighted by Crippen LogP contribution is 2.30. The summed E-state index contributed by atoms with van der Waals surface area (Å²) in [6.45, 7) is 8.60. The molecule has 4 heteroatoms. The zero-order chi connectivity index (χ0) is 12.0. The summed E-state index contributed by atoms with van der Waals surface area (Å²) < 4.78 is 2.47. The SMILES string of the molecule is CCn1ccnc1NCC(CC)(CC)SC. The number of aryl methyl sites for hydroxylation is 1. The van der Waals surface area contributed by atoms with Crippen molar-refractivity contribution in [2.45, 2.75) is 44.9 Å². The number of nitrogens with one attached hydrogen (secondary N) is 1. The number of nitrogens with zero attached hydrogens (tertiary/aromatic N) is 2. The Balaban J connectivity index is 2.62. The zero-order valence-electron chi connectivity index (χ0n) is 10.8. The third-order valence-corrected chi connectivity index (χ3v) is 4.93. The maximum atomic E-state index is 4.34. The third kappa shape index (κ3) is 2.94. The normalized spacial score (nSPS) is 11.8. The Labute approximate surface area is 103 Å². The van der Waals surface area contributed by atoms with Gasteiger partial charge in [0.05, 0.1) is 0 Å². The van der Waals surface area contributed by atoms with Crippen LogP contribution in [0.25, 0.3) is 0 Å². The maximum absolute atomic E-state index is 4.34. The van der Waals surface area contributed by atoms with Crippen LogP contribution >= 0.6 is 11.8 Å². The van der Waals surface area contributed by atoms with E-state index in [1.807, 2.05) is 24.2 Å². The smallest absolute Gasteiger partial charge is 0.202 e. The molecule has 0 aromatic carbocycles. The average Bonchev–Trinajstić information content (AvgIpc) is 2.79. The van der Waals surface area contributed by atoms with Gasteiger partial charge in [-0.15, -0.1) is 0 Å². The molecular formula is C12H23N3S. The van der Waals surface area contributed by atoms with Crippen molar-refractivity contribution in [2.75, 3.05) is 18.1 Å². The highest BCUT2D eigenvalue weighted by atomic mass is 32.2. The number of hydrogen-bond donors (Lipinski definition) is 1. The second-order valence-electron chi connectivity index (χ2n) is 3.98. The zero-order valence-corrected chi connectivity index (χ0v) is 11.6. The lowest BCUT2D eigenvalue weighted by Crippen LogP contribution is -2.32. The van der Waals surface area contributed by atoms with E-state index < -0.39 is 0 Å². The van der Waals surface area contributed by atoms with Gasteiger partial charge in [0, 0.05) is 30.2 Å². The average molecular weight is 241 g/mol. The van der Waals surface area contributed by atoms with Crippen molar-refractivity contribution >= 4 is 17.7 Å². The van der Waals surface area contributed by atoms with Crippen LogP contribution in [0.2, 0.25) is 0 Å². The topological polar surface area (TPSA) is 29.9 Å². The van der Waals surface area contributed by atoms with Crippen LogP contribution in [0.3, 0.4) is 0 Å². The number of anilines is 1. The van der Waals surface area contributed by atoms with Crippen LogP contribution in [0.5, 0.6) is 0 Å². The molecule has 0 fully saturated rings. The fourth-order valence-corrected chi connectivity index (χ4v) is 2.63. The van der Waals surface area contributed by atoms with E-state index in [0.717, 1.165) is 19.0 Å². The first-order chi connectivity index (χ1) is 7.71. The predicted octanol–water partition coefficient (Wildman–Crippen LogP) is 3.24. The van der Waals surface area contributed by atoms with Crippen molar-refractivity contribution in [3.8, 4) is 0 Å². The van der Waals surface area contributed by atoms with Gasteiger partial charge in [-0.2, -0.15) is 11.8 Å². The number of hydrogen-bond acceptors (Lipinski definition) is 3. The molecule has 16 heavy (non-hydrogen) atoms. The van der Waals surface area contributed by atoms with E-state index in [-0.39, 0.29) is 0 Å². The first kappa shape index (κ1) is 13.4. The Morgan fingerprint density at radius 1 is 1.38 bits per heavy atom. The molecule has 0 saturated heterocycles. The molecule has 1 heterocycles. The molecule has 3 nitrogen and oxygen atoms in total. The molecule has 1 aromatic heterocycles. The number of thioether (sulfide) groups is 1. The molecule has 92 valence electrons. The summed E-state index contributed by atoms with van der Waals surface area (Å²) >= 11 is 1.95. The molecule has 0 amide bonds. The molecule has 0 bridgehead atoms. The highest BCUT2D eigenvalue weighted by Gasteiger charge is 2.24. The summed E-state index contributed by atoms with van der Waals surface area (Å²) in [7, 11) is 0. The molecule has 1 N–H and O–H groups in total. The molecule has 0 radical (unpaired) electrons. The summed E-state index contributed by atoms with van der Waals surface area (Å²) in [5.74, 6) is 0.989. The van der Waals surface area contributed by atoms with Crippen molar-refractivity contribution in [2.24, 2.45) is 0 Å². The number of imidazole rings is 1. The van der Waals surface area contributed by atoms with Gasteiger partial charge in [0.15, 0.2) is 0 Å². The van der Waals surface area contributed by atoms with E-state index in [1.54, 1.807) is 0 Å². The van der Waals surface area contributed by atoms with Gasteiger partial charge in [-0.05, 0) is 26.0 Å². The lowest BCUT2D eigenvalue weighted by molar-refractivity contribution is 0.570. The quantitative estimate of drug-likeness (QED) is 0.795. The van der Waals surface area contributed by atoms with Gasteiger partial charge in [0.1, 0.15) is 0 Å². The van der Waals surface area contributed by atoms with Gasteiger partial charge in [-0.3, -0.25) is 0 Å². The van der Waals surface area contributed by atoms with Crippen LogP contribution in [0.15, 0.2) is 12.4 Å². The monoisotopic (exact) mass is 241 g/mol. The largest absolute Gasteiger partial charge is 0.354 e. The second-order valence-corrected chi connectivity index (χ2v) is 5.26. The van der Waals surface area contributed by atoms with Gasteiger partial charge in [0.25, 0.3) is 0 Å². The first-order valence-corrected chi connectivity index (χ1v) is 7.24. The van der Waals surface area contributed by atoms with E-state index in [2.05, 4.69) is 41.9 Å². The van der Waals surface area contributed by atoms with Gasteiger partial charge in [-0.1, -0.05) is 13.8 Å². The van der Waals surface area contributed by atoms with Crippen molar-refractivity contribution in [1.82, 2.24) is 9.55 Å². The Hall–Kier alpha value is -0.640. The lowest BCUT2D eigenvalue weighted by atomic mass is 10.0. The fraction of sp³-hybridized carbons (Fsp3) is 0.750. The highest BCUT2D eigenvalue weighted by molar-refractivity contribution is 8.00. The van der Waals surface area contributed by atoms with E-state index >= 15 is 0 Å². The second kappa shape index (κ2) is 6.18. The van der Waals surface area contributed by atoms with E-state index in [0.29, 0.717) is 4.75 Å². The fourth-order valence-electron chi connectivity index (χ4n) is 1.83. The van der Waals surface area contributed by atoms with Crippen molar-refractivity contribution in [1.29, 1.82) is 0 Å². The van der Waals surface area contributed by atoms with Gasteiger partial charge in [-0.25, -0.2) is 4.98 Å². The van der Waals surface area contributed by atoms with Gasteiger partial charge >= 0.3 is 0 Å². The van der Waals surface area contributed by atoms with Crippen LogP contribution in [0.1, 0.15) is 33.6 Å². The predicted molar refractivity (Wildman–Crippen MR) is 73.2 cm³/mol. The van der Waals surface area contributed by atoms with Crippen LogP contribution in [-0.2, 0) is 6.54 Å². The summed E-state index contributed by atoms with van der Waals surface area (Å²) in [5.41, 5.74) is 0. The van der Waals surface area contributed by atoms with E-state index in [1.165, 1.54) is 12.8 Å². The summed E-state index contributed by atoms with van der Waals surface area (Å²) in [4.78, 5) is 4.34. The van der Waals surface area contributed by atoms with Crippen LogP contribution in [0.4, 0.5) is 5.95 Å². The maximum Gasteiger partial charge on any atom is 0.202 e. The Kier molecular flexibility index (Phi) is 5.19. The molecule has 0 aliphatic carbocycles. The number of aromatic nitrogens is 2. The van der Waals surface area contributed by atoms with Crippen LogP contribution in [0, 0.1) is 0 Å². The standard InChI is InChI=1S/C12H23N3S/c1-5-12(6-2,16-4)10-14-11-13-8-9-15(11)7-3/h8-9H,5-7,10H2,1-4H3,(H,13,14). The van der Waals surface area contributed by atoms with E-state index in [9.17, 15) is 0 Å². The minimum absolute atomic E-state index is 0.338. The van der Waals surface area contributed by atoms with Crippen LogP contribution in [-0.4, -0.2) is 27.1 Å². The minimum atomic E-state index is 0.338. The molecule has 0 saturated carbocycles. The minimum Gasteiger partial charge on any atom is -0.354 e. The molecule has 0 atom stereocenters. The first-order valence-electron chi connectivity index (χ1n) is 6.01. The van der Waals surface area contributed by atoms with Crippen molar-refractivity contribution < 1.29 is 0 Å². The molecule has 0 unspecified atom stereocenters. The molecule has 1 aromatic rings. The van der Waals surface area contributed by atoms with Crippen LogP contribution < -0.4 is 5.32 Å². The third-order valence-electron chi connectivity index (χ3n) is 3.35. The number of rotatable bonds is 7. The lowest BCUT2D eigenvalue weighted by Gasteiger charge is -2.30. The Bertz CT molecular complexity index is 297. The Morgan fingerprint density at radius 2 is 2.06 bits per heavy atom. The summed E-state index contributed by atoms with van der Waals surface area (Å²) in [5, 5.41) is 3.47. The summed E-state index contributed by atoms with van der Waals surface area (Å²) in [6, 6.07) is 0. The van der Waals surface area contributed by atoms with Gasteiger partial charge in [0.2, 0.25) is 5.95 Å². The molecule has 0 spiro atoms. The van der Waals surface area contributed by atoms with E-state index in [4.69, 9.17) is 0 Å².